The van der Waals surface area contributed by atoms with E-state index in [1.54, 1.807) is 60.7 Å². The van der Waals surface area contributed by atoms with Crippen LogP contribution in [0, 0.1) is 4.84 Å². The molecule has 0 unspecified atom stereocenters. The van der Waals surface area contributed by atoms with Gasteiger partial charge in [0.25, 0.3) is 10.7 Å². The van der Waals surface area contributed by atoms with Gasteiger partial charge in [0.2, 0.25) is 5.89 Å². The largest absolute Gasteiger partial charge is 0.409 e. The fourth-order valence-electron chi connectivity index (χ4n) is 4.18. The van der Waals surface area contributed by atoms with E-state index in [4.69, 9.17) is 20.8 Å². The van der Waals surface area contributed by atoms with Gasteiger partial charge >= 0.3 is 10.1 Å². The highest BCUT2D eigenvalue weighted by Crippen LogP contribution is 2.30. The maximum Gasteiger partial charge on any atom is 0.339 e. The van der Waals surface area contributed by atoms with Crippen molar-refractivity contribution < 1.29 is 21.8 Å². The van der Waals surface area contributed by atoms with E-state index in [1.807, 2.05) is 30.3 Å². The Labute approximate surface area is 240 Å². The summed E-state index contributed by atoms with van der Waals surface area (Å²) >= 11 is 4.95. The molecule has 11 heteroatoms. The van der Waals surface area contributed by atoms with Gasteiger partial charge in [0.05, 0.1) is 5.69 Å². The molecule has 9 nitrogen and oxygen atoms in total. The zero-order valence-corrected chi connectivity index (χ0v) is 22.8. The summed E-state index contributed by atoms with van der Waals surface area (Å²) in [4.78, 5) is 20.1. The quantitative estimate of drug-likeness (QED) is 0.142. The average molecular weight is 581 g/mol. The fraction of sp³-hybridized carbons (Fsp3) is 0. The van der Waals surface area contributed by atoms with Crippen LogP contribution in [0.4, 0.5) is 5.69 Å². The number of hydrogen-bond acceptors (Lipinski definition) is 8. The van der Waals surface area contributed by atoms with Crippen molar-refractivity contribution in [2.24, 2.45) is 4.99 Å². The zero-order chi connectivity index (χ0) is 28.4. The van der Waals surface area contributed by atoms with Gasteiger partial charge in [-0.15, -0.1) is 5.10 Å². The van der Waals surface area contributed by atoms with E-state index in [1.165, 1.54) is 29.2 Å². The van der Waals surface area contributed by atoms with E-state index in [0.717, 1.165) is 5.56 Å². The van der Waals surface area contributed by atoms with Crippen LogP contribution in [0.1, 0.15) is 11.1 Å². The molecule has 1 aliphatic heterocycles. The lowest BCUT2D eigenvalue weighted by molar-refractivity contribution is -0.113. The number of hydrogen-bond donors (Lipinski definition) is 1. The second-order valence-corrected chi connectivity index (χ2v) is 10.8. The van der Waals surface area contributed by atoms with E-state index < -0.39 is 10.1 Å². The molecule has 0 fully saturated rings. The summed E-state index contributed by atoms with van der Waals surface area (Å²) in [6.07, 6.45) is 1.64. The van der Waals surface area contributed by atoms with Gasteiger partial charge in [-0.1, -0.05) is 60.7 Å². The Bertz CT molecular complexity index is 1950. The molecule has 5 aromatic rings. The van der Waals surface area contributed by atoms with Crippen molar-refractivity contribution in [3.63, 3.8) is 0 Å². The molecule has 6 rings (SSSR count). The molecule has 1 amide bonds. The van der Waals surface area contributed by atoms with E-state index in [-0.39, 0.29) is 27.1 Å². The summed E-state index contributed by atoms with van der Waals surface area (Å²) in [6.45, 7) is 0. The first kappa shape index (κ1) is 26.1. The lowest BCUT2D eigenvalue weighted by Crippen LogP contribution is -2.32. The summed E-state index contributed by atoms with van der Waals surface area (Å²) in [5.41, 5.74) is 2.93. The van der Waals surface area contributed by atoms with Crippen molar-refractivity contribution in [2.75, 3.05) is 4.90 Å². The Balaban J connectivity index is 1.29. The summed E-state index contributed by atoms with van der Waals surface area (Å²) in [5, 5.41) is 6.63. The molecule has 41 heavy (non-hydrogen) atoms. The number of rotatable bonds is 7. The van der Waals surface area contributed by atoms with Gasteiger partial charge < -0.3 is 8.60 Å². The molecule has 202 valence electrons. The maximum absolute atomic E-state index is 13.7. The molecular formula is C30H20N4O5S2. The van der Waals surface area contributed by atoms with Crippen LogP contribution in [0.3, 0.4) is 0 Å². The van der Waals surface area contributed by atoms with Crippen LogP contribution in [0.25, 0.3) is 17.5 Å². The fourth-order valence-corrected chi connectivity index (χ4v) is 5.26. The summed E-state index contributed by atoms with van der Waals surface area (Å²) < 4.78 is 35.7. The lowest BCUT2D eigenvalue weighted by atomic mass is 10.1. The first-order chi connectivity index (χ1) is 19.9. The molecule has 0 aliphatic carbocycles. The Morgan fingerprint density at radius 3 is 2.12 bits per heavy atom. The van der Waals surface area contributed by atoms with Gasteiger partial charge in [-0.25, -0.2) is 10.1 Å². The molecule has 0 spiro atoms. The highest BCUT2D eigenvalue weighted by Gasteiger charge is 2.32. The SMILES string of the molecule is O=C1/C(=C/c2ccc(OS(=O)(=O)c3ccccc3)cc2)N=C(c2ccccc2)N1c1ccc(-c2n[nH]c(=S)o2)cc1. The Hall–Kier alpha value is -5.13. The van der Waals surface area contributed by atoms with Gasteiger partial charge in [0.15, 0.2) is 0 Å². The lowest BCUT2D eigenvalue weighted by Gasteiger charge is -2.18. The Morgan fingerprint density at radius 2 is 1.49 bits per heavy atom. The molecule has 2 heterocycles. The van der Waals surface area contributed by atoms with E-state index >= 15 is 0 Å². The molecule has 4 aromatic carbocycles. The third-order valence-corrected chi connectivity index (χ3v) is 7.56. The van der Waals surface area contributed by atoms with Crippen LogP contribution in [-0.4, -0.2) is 30.4 Å². The number of amides is 1. The van der Waals surface area contributed by atoms with Crippen molar-refractivity contribution in [3.8, 4) is 17.2 Å². The molecule has 0 saturated carbocycles. The predicted octanol–water partition coefficient (Wildman–Crippen LogP) is 6.00. The summed E-state index contributed by atoms with van der Waals surface area (Å²) in [6, 6.07) is 30.8. The summed E-state index contributed by atoms with van der Waals surface area (Å²) in [5.74, 6) is 0.647. The van der Waals surface area contributed by atoms with Crippen molar-refractivity contribution >= 4 is 45.8 Å². The monoisotopic (exact) mass is 580 g/mol. The van der Waals surface area contributed by atoms with Crippen LogP contribution in [0.2, 0.25) is 0 Å². The molecular weight excluding hydrogens is 560 g/mol. The maximum atomic E-state index is 13.7. The van der Waals surface area contributed by atoms with Gasteiger partial charge in [-0.2, -0.15) is 8.42 Å². The number of nitrogens with one attached hydrogen (secondary N) is 1. The van der Waals surface area contributed by atoms with E-state index in [2.05, 4.69) is 15.2 Å². The van der Waals surface area contributed by atoms with Crippen molar-refractivity contribution in [1.82, 2.24) is 10.2 Å². The summed E-state index contributed by atoms with van der Waals surface area (Å²) in [7, 11) is -3.97. The first-order valence-electron chi connectivity index (χ1n) is 12.3. The normalized spacial score (nSPS) is 14.3. The number of H-pyrrole nitrogens is 1. The number of carbonyl (C=O) groups excluding carboxylic acids is 1. The van der Waals surface area contributed by atoms with Gasteiger partial charge in [-0.3, -0.25) is 9.69 Å². The van der Waals surface area contributed by atoms with E-state index in [9.17, 15) is 13.2 Å². The molecule has 0 radical (unpaired) electrons. The van der Waals surface area contributed by atoms with Crippen LogP contribution < -0.4 is 9.08 Å². The minimum absolute atomic E-state index is 0.0579. The average Bonchev–Trinajstić information content (AvgIpc) is 3.58. The van der Waals surface area contributed by atoms with Gasteiger partial charge in [0, 0.05) is 11.1 Å². The van der Waals surface area contributed by atoms with Crippen LogP contribution in [0.5, 0.6) is 5.75 Å². The molecule has 1 aromatic heterocycles. The third-order valence-electron chi connectivity index (χ3n) is 6.12. The highest BCUT2D eigenvalue weighted by molar-refractivity contribution is 7.87. The number of aromatic nitrogens is 2. The van der Waals surface area contributed by atoms with Crippen LogP contribution >= 0.6 is 12.2 Å². The standard InChI is InChI=1S/C30H20N4O5S2/c35-29-26(19-20-11-17-24(18-12-20)39-41(36,37)25-9-5-2-6-10-25)31-27(21-7-3-1-4-8-21)34(29)23-15-13-22(14-16-23)28-32-33-30(40)38-28/h1-19H,(H,33,40)/b26-19-. The number of aliphatic imine (C=N–C) groups is 1. The van der Waals surface area contributed by atoms with Crippen LogP contribution in [0.15, 0.2) is 129 Å². The second-order valence-electron chi connectivity index (χ2n) is 8.86. The topological polar surface area (TPSA) is 118 Å². The molecule has 1 N–H and O–H groups in total. The number of amidine groups is 1. The number of anilines is 1. The first-order valence-corrected chi connectivity index (χ1v) is 14.1. The van der Waals surface area contributed by atoms with Crippen molar-refractivity contribution in [1.29, 1.82) is 0 Å². The van der Waals surface area contributed by atoms with Gasteiger partial charge in [-0.05, 0) is 72.4 Å². The van der Waals surface area contributed by atoms with Crippen LogP contribution in [-0.2, 0) is 14.9 Å². The van der Waals surface area contributed by atoms with Gasteiger partial charge in [0.1, 0.15) is 22.2 Å². The van der Waals surface area contributed by atoms with E-state index in [0.29, 0.717) is 28.5 Å². The molecule has 1 aliphatic rings. The highest BCUT2D eigenvalue weighted by atomic mass is 32.2. The molecule has 0 bridgehead atoms. The predicted molar refractivity (Wildman–Crippen MR) is 156 cm³/mol. The Kier molecular flexibility index (Phi) is 6.88. The third kappa shape index (κ3) is 5.49. The second kappa shape index (κ2) is 10.8. The smallest absolute Gasteiger partial charge is 0.339 e. The number of nitrogens with zero attached hydrogens (tertiary/aromatic N) is 3. The number of carbonyl (C=O) groups is 1. The molecule has 0 saturated heterocycles. The number of aromatic amines is 1. The molecule has 0 atom stereocenters. The minimum Gasteiger partial charge on any atom is -0.409 e. The van der Waals surface area contributed by atoms with Crippen molar-refractivity contribution in [3.05, 3.63) is 131 Å². The number of benzene rings is 4. The zero-order valence-electron chi connectivity index (χ0n) is 21.2. The Morgan fingerprint density at radius 1 is 0.829 bits per heavy atom. The minimum atomic E-state index is -3.97. The van der Waals surface area contributed by atoms with Crippen molar-refractivity contribution in [2.45, 2.75) is 4.90 Å².